The molecule has 1 atom stereocenters. The molecule has 7 nitrogen and oxygen atoms in total. The van der Waals surface area contributed by atoms with E-state index < -0.39 is 29.4 Å². The minimum absolute atomic E-state index is 0.0187. The van der Waals surface area contributed by atoms with Gasteiger partial charge in [0.1, 0.15) is 11.8 Å². The van der Waals surface area contributed by atoms with Crippen LogP contribution in [0.25, 0.3) is 11.0 Å². The van der Waals surface area contributed by atoms with Crippen molar-refractivity contribution in [2.24, 2.45) is 0 Å². The van der Waals surface area contributed by atoms with Crippen LogP contribution in [-0.4, -0.2) is 27.2 Å². The number of aryl methyl sites for hydroxylation is 2. The molecule has 1 amide bonds. The molecular weight excluding hydrogens is 389 g/mol. The Morgan fingerprint density at radius 3 is 2.59 bits per heavy atom. The Balaban J connectivity index is 1.89. The van der Waals surface area contributed by atoms with Crippen LogP contribution in [0.4, 0.5) is 13.2 Å². The Labute approximate surface area is 163 Å². The van der Waals surface area contributed by atoms with E-state index in [0.717, 1.165) is 10.1 Å². The molecule has 0 aliphatic rings. The highest BCUT2D eigenvalue weighted by atomic mass is 19.4. The molecule has 154 valence electrons. The van der Waals surface area contributed by atoms with Crippen LogP contribution in [0.5, 0.6) is 0 Å². The fourth-order valence-corrected chi connectivity index (χ4v) is 3.16. The molecule has 0 saturated heterocycles. The minimum atomic E-state index is -4.93. The van der Waals surface area contributed by atoms with Crippen LogP contribution < -0.4 is 10.9 Å². The van der Waals surface area contributed by atoms with Crippen molar-refractivity contribution in [1.29, 1.82) is 0 Å². The summed E-state index contributed by atoms with van der Waals surface area (Å²) in [6.07, 6.45) is -4.48. The van der Waals surface area contributed by atoms with Gasteiger partial charge in [0.2, 0.25) is 11.6 Å². The lowest BCUT2D eigenvalue weighted by atomic mass is 10.1. The summed E-state index contributed by atoms with van der Waals surface area (Å²) in [5.74, 6) is 0.0549. The summed E-state index contributed by atoms with van der Waals surface area (Å²) in [6.45, 7) is 5.12. The second-order valence-electron chi connectivity index (χ2n) is 6.64. The Kier molecular flexibility index (Phi) is 5.45. The van der Waals surface area contributed by atoms with Crippen LogP contribution in [-0.2, 0) is 17.4 Å². The molecule has 2 aromatic heterocycles. The van der Waals surface area contributed by atoms with Gasteiger partial charge >= 0.3 is 6.18 Å². The Hall–Kier alpha value is -3.17. The van der Waals surface area contributed by atoms with Gasteiger partial charge in [0, 0.05) is 12.1 Å². The minimum Gasteiger partial charge on any atom is -0.361 e. The van der Waals surface area contributed by atoms with Gasteiger partial charge in [-0.3, -0.25) is 14.2 Å². The van der Waals surface area contributed by atoms with E-state index in [1.165, 1.54) is 25.1 Å². The van der Waals surface area contributed by atoms with Crippen molar-refractivity contribution < 1.29 is 22.5 Å². The molecule has 3 rings (SSSR count). The molecule has 1 N–H and O–H groups in total. The van der Waals surface area contributed by atoms with E-state index in [-0.39, 0.29) is 17.6 Å². The number of fused-ring (bicyclic) bond motifs is 1. The first-order valence-electron chi connectivity index (χ1n) is 8.89. The number of benzene rings is 1. The zero-order valence-corrected chi connectivity index (χ0v) is 16.0. The smallest absolute Gasteiger partial charge is 0.361 e. The number of hydrogen-bond acceptors (Lipinski definition) is 5. The Bertz CT molecular complexity index is 1100. The lowest BCUT2D eigenvalue weighted by Crippen LogP contribution is -2.39. The number of alkyl halides is 3. The van der Waals surface area contributed by atoms with Crippen molar-refractivity contribution in [3.8, 4) is 0 Å². The molecule has 0 bridgehead atoms. The first kappa shape index (κ1) is 20.6. The van der Waals surface area contributed by atoms with Crippen molar-refractivity contribution in [2.45, 2.75) is 39.4 Å². The highest BCUT2D eigenvalue weighted by molar-refractivity contribution is 5.83. The summed E-state index contributed by atoms with van der Waals surface area (Å²) in [6, 6.07) is 4.73. The largest absolute Gasteiger partial charge is 0.438 e. The van der Waals surface area contributed by atoms with Crippen LogP contribution >= 0.6 is 0 Å². The van der Waals surface area contributed by atoms with Crippen molar-refractivity contribution in [3.63, 3.8) is 0 Å². The average molecular weight is 408 g/mol. The second kappa shape index (κ2) is 7.69. The van der Waals surface area contributed by atoms with E-state index in [2.05, 4.69) is 15.5 Å². The second-order valence-corrected chi connectivity index (χ2v) is 6.64. The Morgan fingerprint density at radius 1 is 1.28 bits per heavy atom. The third-order valence-electron chi connectivity index (χ3n) is 4.69. The first-order chi connectivity index (χ1) is 13.6. The third-order valence-corrected chi connectivity index (χ3v) is 4.69. The van der Waals surface area contributed by atoms with Crippen LogP contribution in [0, 0.1) is 13.8 Å². The third kappa shape index (κ3) is 4.01. The molecule has 1 unspecified atom stereocenters. The number of aromatic nitrogens is 3. The van der Waals surface area contributed by atoms with E-state index >= 15 is 0 Å². The van der Waals surface area contributed by atoms with Gasteiger partial charge in [0.05, 0.1) is 16.7 Å². The molecule has 10 heteroatoms. The predicted octanol–water partition coefficient (Wildman–Crippen LogP) is 2.94. The fourth-order valence-electron chi connectivity index (χ4n) is 3.16. The number of halogens is 3. The van der Waals surface area contributed by atoms with E-state index in [9.17, 15) is 22.8 Å². The zero-order valence-electron chi connectivity index (χ0n) is 16.0. The molecule has 0 spiro atoms. The van der Waals surface area contributed by atoms with Gasteiger partial charge in [-0.15, -0.1) is 0 Å². The van der Waals surface area contributed by atoms with Crippen molar-refractivity contribution in [1.82, 2.24) is 20.0 Å². The van der Waals surface area contributed by atoms with Crippen molar-refractivity contribution in [2.75, 3.05) is 6.54 Å². The van der Waals surface area contributed by atoms with Gasteiger partial charge in [-0.1, -0.05) is 17.3 Å². The van der Waals surface area contributed by atoms with Crippen LogP contribution in [0.3, 0.4) is 0 Å². The lowest BCUT2D eigenvalue weighted by Gasteiger charge is -2.19. The molecule has 3 aromatic rings. The SMILES string of the molecule is Cc1noc(C)c1CCNC(=O)C(C)n1c(=O)c(C(F)(F)F)nc2ccccc21. The van der Waals surface area contributed by atoms with Gasteiger partial charge in [-0.05, 0) is 39.3 Å². The molecule has 1 aromatic carbocycles. The highest BCUT2D eigenvalue weighted by Gasteiger charge is 2.38. The molecule has 0 radical (unpaired) electrons. The maximum absolute atomic E-state index is 13.3. The number of hydrogen-bond donors (Lipinski definition) is 1. The fraction of sp³-hybridized carbons (Fsp3) is 0.368. The molecule has 0 aliphatic carbocycles. The van der Waals surface area contributed by atoms with Crippen molar-refractivity contribution >= 4 is 16.9 Å². The zero-order chi connectivity index (χ0) is 21.3. The number of carbonyl (C=O) groups excluding carboxylic acids is 1. The summed E-state index contributed by atoms with van der Waals surface area (Å²) in [5, 5.41) is 6.48. The van der Waals surface area contributed by atoms with Crippen molar-refractivity contribution in [3.05, 3.63) is 57.3 Å². The summed E-state index contributed by atoms with van der Waals surface area (Å²) in [7, 11) is 0. The van der Waals surface area contributed by atoms with Gasteiger partial charge in [0.25, 0.3) is 5.56 Å². The average Bonchev–Trinajstić information content (AvgIpc) is 2.98. The summed E-state index contributed by atoms with van der Waals surface area (Å²) in [4.78, 5) is 28.5. The van der Waals surface area contributed by atoms with Gasteiger partial charge in [-0.25, -0.2) is 4.98 Å². The topological polar surface area (TPSA) is 90.0 Å². The summed E-state index contributed by atoms with van der Waals surface area (Å²) in [5.41, 5.74) is -1.22. The van der Waals surface area contributed by atoms with Crippen LogP contribution in [0.15, 0.2) is 33.6 Å². The van der Waals surface area contributed by atoms with E-state index in [0.29, 0.717) is 17.9 Å². The van der Waals surface area contributed by atoms with Crippen LogP contribution in [0.2, 0.25) is 0 Å². The number of nitrogens with zero attached hydrogens (tertiary/aromatic N) is 3. The molecular formula is C19H19F3N4O3. The number of nitrogens with one attached hydrogen (secondary N) is 1. The molecule has 2 heterocycles. The number of para-hydroxylation sites is 2. The predicted molar refractivity (Wildman–Crippen MR) is 98.4 cm³/mol. The first-order valence-corrected chi connectivity index (χ1v) is 8.89. The Morgan fingerprint density at radius 2 is 1.97 bits per heavy atom. The highest BCUT2D eigenvalue weighted by Crippen LogP contribution is 2.27. The lowest BCUT2D eigenvalue weighted by molar-refractivity contribution is -0.142. The number of amides is 1. The standard InChI is InChI=1S/C19H19F3N4O3/c1-10-13(12(3)29-25-10)8-9-23-17(27)11(2)26-15-7-5-4-6-14(15)24-16(18(26)28)19(20,21)22/h4-7,11H,8-9H2,1-3H3,(H,23,27). The van der Waals surface area contributed by atoms with Gasteiger partial charge in [0.15, 0.2) is 0 Å². The monoisotopic (exact) mass is 408 g/mol. The maximum atomic E-state index is 13.3. The van der Waals surface area contributed by atoms with E-state index in [1.54, 1.807) is 19.9 Å². The molecule has 0 saturated carbocycles. The maximum Gasteiger partial charge on any atom is 0.438 e. The van der Waals surface area contributed by atoms with Crippen LogP contribution in [0.1, 0.15) is 35.7 Å². The summed E-state index contributed by atoms with van der Waals surface area (Å²) < 4.78 is 45.7. The van der Waals surface area contributed by atoms with Gasteiger partial charge < -0.3 is 9.84 Å². The van der Waals surface area contributed by atoms with E-state index in [1.807, 2.05) is 0 Å². The quantitative estimate of drug-likeness (QED) is 0.701. The molecule has 29 heavy (non-hydrogen) atoms. The van der Waals surface area contributed by atoms with E-state index in [4.69, 9.17) is 4.52 Å². The molecule has 0 fully saturated rings. The molecule has 0 aliphatic heterocycles. The van der Waals surface area contributed by atoms with Gasteiger partial charge in [-0.2, -0.15) is 13.2 Å². The summed E-state index contributed by atoms with van der Waals surface area (Å²) >= 11 is 0. The number of carbonyl (C=O) groups is 1. The number of rotatable bonds is 5. The normalized spacial score (nSPS) is 12.9.